The number of β-amino-alcohol motifs (C(OH)–C–C–N with tert-alkyl or cyclic N) is 1. The number of carbonyl (C=O) groups is 1. The number of nitrogens with one attached hydrogen (secondary N) is 1. The third-order valence-corrected chi connectivity index (χ3v) is 3.73. The average molecular weight is 257 g/mol. The zero-order valence-corrected chi connectivity index (χ0v) is 12.0. The molecule has 0 aromatic heterocycles. The fourth-order valence-corrected chi connectivity index (χ4v) is 2.56. The number of likely N-dealkylation sites (N-methyl/N-ethyl adjacent to an activating group) is 1. The van der Waals surface area contributed by atoms with Crippen molar-refractivity contribution in [2.45, 2.75) is 32.4 Å². The van der Waals surface area contributed by atoms with Crippen molar-refractivity contribution in [2.24, 2.45) is 5.92 Å². The van der Waals surface area contributed by atoms with Crippen LogP contribution in [0.1, 0.15) is 20.3 Å². The maximum Gasteiger partial charge on any atom is 0.222 e. The summed E-state index contributed by atoms with van der Waals surface area (Å²) in [6, 6.07) is 0.466. The highest BCUT2D eigenvalue weighted by Gasteiger charge is 2.25. The van der Waals surface area contributed by atoms with Gasteiger partial charge in [-0.25, -0.2) is 0 Å². The number of piperazine rings is 1. The van der Waals surface area contributed by atoms with Gasteiger partial charge in [0.25, 0.3) is 0 Å². The number of aliphatic hydroxyl groups excluding tert-OH is 1. The van der Waals surface area contributed by atoms with E-state index in [2.05, 4.69) is 29.1 Å². The van der Waals surface area contributed by atoms with Crippen molar-refractivity contribution in [1.82, 2.24) is 15.1 Å². The second-order valence-corrected chi connectivity index (χ2v) is 5.51. The molecule has 0 saturated carbocycles. The average Bonchev–Trinajstić information content (AvgIpc) is 2.31. The summed E-state index contributed by atoms with van der Waals surface area (Å²) in [6.45, 7) is 7.78. The van der Waals surface area contributed by atoms with E-state index in [0.717, 1.165) is 19.6 Å². The minimum atomic E-state index is -0.428. The van der Waals surface area contributed by atoms with Crippen LogP contribution in [0.4, 0.5) is 0 Å². The van der Waals surface area contributed by atoms with E-state index < -0.39 is 6.10 Å². The summed E-state index contributed by atoms with van der Waals surface area (Å²) >= 11 is 0. The second kappa shape index (κ2) is 7.07. The lowest BCUT2D eigenvalue weighted by Crippen LogP contribution is -2.52. The lowest BCUT2D eigenvalue weighted by atomic mass is 10.0. The van der Waals surface area contributed by atoms with Crippen molar-refractivity contribution in [3.05, 3.63) is 0 Å². The maximum atomic E-state index is 11.4. The predicted octanol–water partition coefficient (Wildman–Crippen LogP) is -0.245. The van der Waals surface area contributed by atoms with Crippen molar-refractivity contribution in [2.75, 3.05) is 40.3 Å². The van der Waals surface area contributed by atoms with Gasteiger partial charge in [-0.3, -0.25) is 9.69 Å². The summed E-state index contributed by atoms with van der Waals surface area (Å²) in [5, 5.41) is 12.7. The van der Waals surface area contributed by atoms with Gasteiger partial charge in [0.2, 0.25) is 5.91 Å². The van der Waals surface area contributed by atoms with Gasteiger partial charge in [-0.2, -0.15) is 0 Å². The third kappa shape index (κ3) is 4.55. The van der Waals surface area contributed by atoms with E-state index in [1.165, 1.54) is 0 Å². The van der Waals surface area contributed by atoms with E-state index in [0.29, 0.717) is 19.0 Å². The van der Waals surface area contributed by atoms with E-state index >= 15 is 0 Å². The highest BCUT2D eigenvalue weighted by atomic mass is 16.3. The lowest BCUT2D eigenvalue weighted by Gasteiger charge is -2.39. The lowest BCUT2D eigenvalue weighted by molar-refractivity contribution is -0.125. The summed E-state index contributed by atoms with van der Waals surface area (Å²) in [7, 11) is 3.76. The van der Waals surface area contributed by atoms with Crippen LogP contribution in [-0.4, -0.2) is 73.2 Å². The highest BCUT2D eigenvalue weighted by molar-refractivity contribution is 5.77. The van der Waals surface area contributed by atoms with Crippen molar-refractivity contribution in [3.8, 4) is 0 Å². The Bertz CT molecular complexity index is 273. The Kier molecular flexibility index (Phi) is 6.05. The Hall–Kier alpha value is -0.650. The normalized spacial score (nSPS) is 25.7. The maximum absolute atomic E-state index is 11.4. The molecule has 2 N–H and O–H groups in total. The molecule has 1 fully saturated rings. The summed E-state index contributed by atoms with van der Waals surface area (Å²) in [5.74, 6) is -0.131. The molecule has 1 heterocycles. The van der Waals surface area contributed by atoms with Crippen LogP contribution >= 0.6 is 0 Å². The van der Waals surface area contributed by atoms with E-state index in [4.69, 9.17) is 0 Å². The molecule has 1 aliphatic heterocycles. The topological polar surface area (TPSA) is 55.8 Å². The number of rotatable bonds is 5. The summed E-state index contributed by atoms with van der Waals surface area (Å²) in [5.41, 5.74) is 0. The molecule has 0 aliphatic carbocycles. The number of nitrogens with zero attached hydrogens (tertiary/aromatic N) is 2. The van der Waals surface area contributed by atoms with Crippen LogP contribution in [0.2, 0.25) is 0 Å². The SMILES string of the molecule is CNC(=O)C(C)CC(O)CN1CCN(C)CC1C. The zero-order valence-electron chi connectivity index (χ0n) is 12.0. The molecule has 3 unspecified atom stereocenters. The first-order chi connectivity index (χ1) is 8.43. The molecule has 1 rings (SSSR count). The first-order valence-corrected chi connectivity index (χ1v) is 6.76. The Balaban J connectivity index is 2.35. The minimum Gasteiger partial charge on any atom is -0.392 e. The number of amides is 1. The number of aliphatic hydroxyl groups is 1. The smallest absolute Gasteiger partial charge is 0.222 e. The summed E-state index contributed by atoms with van der Waals surface area (Å²) in [4.78, 5) is 16.0. The fourth-order valence-electron chi connectivity index (χ4n) is 2.56. The van der Waals surface area contributed by atoms with E-state index in [1.807, 2.05) is 6.92 Å². The van der Waals surface area contributed by atoms with Crippen LogP contribution in [0.15, 0.2) is 0 Å². The van der Waals surface area contributed by atoms with Gasteiger partial charge in [0.1, 0.15) is 0 Å². The predicted molar refractivity (Wildman–Crippen MR) is 72.4 cm³/mol. The Morgan fingerprint density at radius 3 is 2.72 bits per heavy atom. The molecule has 0 spiro atoms. The van der Waals surface area contributed by atoms with E-state index in [9.17, 15) is 9.90 Å². The molecule has 0 radical (unpaired) electrons. The number of hydrogen-bond acceptors (Lipinski definition) is 4. The minimum absolute atomic E-state index is 0.000441. The first-order valence-electron chi connectivity index (χ1n) is 6.76. The quantitative estimate of drug-likeness (QED) is 0.713. The summed E-state index contributed by atoms with van der Waals surface area (Å²) < 4.78 is 0. The Morgan fingerprint density at radius 1 is 1.50 bits per heavy atom. The Labute approximate surface area is 110 Å². The van der Waals surface area contributed by atoms with Crippen LogP contribution in [0.25, 0.3) is 0 Å². The number of carbonyl (C=O) groups excluding carboxylic acids is 1. The molecule has 1 aliphatic rings. The monoisotopic (exact) mass is 257 g/mol. The number of hydrogen-bond donors (Lipinski definition) is 2. The van der Waals surface area contributed by atoms with Crippen LogP contribution in [0.5, 0.6) is 0 Å². The van der Waals surface area contributed by atoms with Gasteiger partial charge in [0.05, 0.1) is 6.10 Å². The van der Waals surface area contributed by atoms with Gasteiger partial charge in [0.15, 0.2) is 0 Å². The molecule has 18 heavy (non-hydrogen) atoms. The molecule has 1 amide bonds. The van der Waals surface area contributed by atoms with Crippen LogP contribution < -0.4 is 5.32 Å². The van der Waals surface area contributed by atoms with Gasteiger partial charge >= 0.3 is 0 Å². The molecule has 0 aromatic carbocycles. The van der Waals surface area contributed by atoms with Crippen molar-refractivity contribution < 1.29 is 9.90 Å². The molecule has 106 valence electrons. The molecule has 0 bridgehead atoms. The molecular weight excluding hydrogens is 230 g/mol. The van der Waals surface area contributed by atoms with Crippen LogP contribution in [0, 0.1) is 5.92 Å². The summed E-state index contributed by atoms with van der Waals surface area (Å²) in [6.07, 6.45) is 0.0989. The Morgan fingerprint density at radius 2 is 2.17 bits per heavy atom. The van der Waals surface area contributed by atoms with E-state index in [-0.39, 0.29) is 11.8 Å². The molecular formula is C13H27N3O2. The van der Waals surface area contributed by atoms with Crippen LogP contribution in [0.3, 0.4) is 0 Å². The van der Waals surface area contributed by atoms with Crippen LogP contribution in [-0.2, 0) is 4.79 Å². The van der Waals surface area contributed by atoms with Gasteiger partial charge in [-0.05, 0) is 20.4 Å². The molecule has 5 heteroatoms. The third-order valence-electron chi connectivity index (χ3n) is 3.73. The largest absolute Gasteiger partial charge is 0.392 e. The molecule has 3 atom stereocenters. The fraction of sp³-hybridized carbons (Fsp3) is 0.923. The highest BCUT2D eigenvalue weighted by Crippen LogP contribution is 2.12. The van der Waals surface area contributed by atoms with Crippen molar-refractivity contribution >= 4 is 5.91 Å². The van der Waals surface area contributed by atoms with Gasteiger partial charge < -0.3 is 15.3 Å². The van der Waals surface area contributed by atoms with E-state index in [1.54, 1.807) is 7.05 Å². The zero-order chi connectivity index (χ0) is 13.7. The first kappa shape index (κ1) is 15.4. The van der Waals surface area contributed by atoms with Gasteiger partial charge in [0, 0.05) is 45.2 Å². The van der Waals surface area contributed by atoms with Gasteiger partial charge in [-0.15, -0.1) is 0 Å². The second-order valence-electron chi connectivity index (χ2n) is 5.51. The molecule has 5 nitrogen and oxygen atoms in total. The van der Waals surface area contributed by atoms with Crippen molar-refractivity contribution in [3.63, 3.8) is 0 Å². The molecule has 0 aromatic rings. The standard InChI is InChI=1S/C13H27N3O2/c1-10(13(18)14-3)7-12(17)9-16-6-5-15(4)8-11(16)2/h10-12,17H,5-9H2,1-4H3,(H,14,18). The van der Waals surface area contributed by atoms with Gasteiger partial charge in [-0.1, -0.05) is 6.92 Å². The van der Waals surface area contributed by atoms with Crippen molar-refractivity contribution in [1.29, 1.82) is 0 Å². The molecule has 1 saturated heterocycles.